The first-order chi connectivity index (χ1) is 8.43. The van der Waals surface area contributed by atoms with E-state index in [1.807, 2.05) is 0 Å². The summed E-state index contributed by atoms with van der Waals surface area (Å²) in [4.78, 5) is 25.7. The molecule has 1 unspecified atom stereocenters. The van der Waals surface area contributed by atoms with Crippen LogP contribution in [0.2, 0.25) is 0 Å². The smallest absolute Gasteiger partial charge is 0.329 e. The molecular formula is C9H14N6O3. The number of anilines is 1. The number of urea groups is 1. The van der Waals surface area contributed by atoms with Crippen molar-refractivity contribution in [3.63, 3.8) is 0 Å². The highest BCUT2D eigenvalue weighted by Gasteiger charge is 2.46. The summed E-state index contributed by atoms with van der Waals surface area (Å²) in [5.74, 6) is -0.954. The van der Waals surface area contributed by atoms with Crippen molar-refractivity contribution in [2.75, 3.05) is 11.9 Å². The lowest BCUT2D eigenvalue weighted by molar-refractivity contribution is -0.146. The fraction of sp³-hybridized carbons (Fsp3) is 0.667. The highest BCUT2D eigenvalue weighted by atomic mass is 16.4. The number of aliphatic carboxylic acids is 1. The Morgan fingerprint density at radius 1 is 1.50 bits per heavy atom. The van der Waals surface area contributed by atoms with Gasteiger partial charge in [0, 0.05) is 6.54 Å². The third-order valence-corrected chi connectivity index (χ3v) is 3.07. The molecule has 9 nitrogen and oxygen atoms in total. The van der Waals surface area contributed by atoms with E-state index in [4.69, 9.17) is 0 Å². The van der Waals surface area contributed by atoms with Crippen LogP contribution in [0.15, 0.2) is 0 Å². The third-order valence-electron chi connectivity index (χ3n) is 3.07. The molecule has 18 heavy (non-hydrogen) atoms. The maximum absolute atomic E-state index is 12.0. The Morgan fingerprint density at radius 3 is 2.78 bits per heavy atom. The average Bonchev–Trinajstić information content (AvgIpc) is 2.86. The molecule has 1 saturated heterocycles. The van der Waals surface area contributed by atoms with E-state index >= 15 is 0 Å². The van der Waals surface area contributed by atoms with Gasteiger partial charge in [0.2, 0.25) is 0 Å². The Balaban J connectivity index is 2.11. The maximum atomic E-state index is 12.0. The van der Waals surface area contributed by atoms with Gasteiger partial charge in [-0.2, -0.15) is 4.80 Å². The lowest BCUT2D eigenvalue weighted by atomic mass is 10.00. The zero-order valence-electron chi connectivity index (χ0n) is 10.1. The van der Waals surface area contributed by atoms with E-state index in [9.17, 15) is 14.7 Å². The van der Waals surface area contributed by atoms with Crippen molar-refractivity contribution in [2.24, 2.45) is 7.05 Å². The number of carbonyl (C=O) groups excluding carboxylic acids is 1. The van der Waals surface area contributed by atoms with E-state index in [0.717, 1.165) is 0 Å². The summed E-state index contributed by atoms with van der Waals surface area (Å²) in [5.41, 5.74) is -1.17. The van der Waals surface area contributed by atoms with E-state index in [1.165, 1.54) is 16.6 Å². The molecule has 1 aliphatic heterocycles. The monoisotopic (exact) mass is 254 g/mol. The number of carboxylic acid groups (broad SMARTS) is 1. The molecule has 1 fully saturated rings. The van der Waals surface area contributed by atoms with Gasteiger partial charge >= 0.3 is 12.0 Å². The molecule has 1 aromatic heterocycles. The predicted octanol–water partition coefficient (Wildman–Crippen LogP) is -0.319. The highest BCUT2D eigenvalue weighted by molar-refractivity contribution is 5.93. The van der Waals surface area contributed by atoms with Crippen molar-refractivity contribution < 1.29 is 14.7 Å². The number of carbonyl (C=O) groups is 2. The number of carboxylic acids is 1. The van der Waals surface area contributed by atoms with Crippen LogP contribution in [0.4, 0.5) is 10.7 Å². The van der Waals surface area contributed by atoms with Gasteiger partial charge in [0.25, 0.3) is 5.95 Å². The fourth-order valence-corrected chi connectivity index (χ4v) is 2.01. The predicted molar refractivity (Wildman–Crippen MR) is 59.8 cm³/mol. The minimum absolute atomic E-state index is 0.0575. The number of amides is 2. The highest BCUT2D eigenvalue weighted by Crippen LogP contribution is 2.29. The topological polar surface area (TPSA) is 113 Å². The summed E-state index contributed by atoms with van der Waals surface area (Å²) >= 11 is 0. The number of aromatic nitrogens is 4. The van der Waals surface area contributed by atoms with Crippen LogP contribution in [-0.2, 0) is 11.8 Å². The largest absolute Gasteiger partial charge is 0.480 e. The molecule has 1 aromatic rings. The zero-order valence-corrected chi connectivity index (χ0v) is 10.1. The van der Waals surface area contributed by atoms with E-state index in [2.05, 4.69) is 20.7 Å². The first-order valence-corrected chi connectivity index (χ1v) is 5.49. The van der Waals surface area contributed by atoms with Crippen LogP contribution in [0, 0.1) is 0 Å². The first-order valence-electron chi connectivity index (χ1n) is 5.49. The summed E-state index contributed by atoms with van der Waals surface area (Å²) in [6.07, 6.45) is 1.09. The molecule has 0 radical (unpaired) electrons. The van der Waals surface area contributed by atoms with Gasteiger partial charge in [0.05, 0.1) is 7.05 Å². The van der Waals surface area contributed by atoms with Crippen molar-refractivity contribution in [2.45, 2.75) is 25.3 Å². The van der Waals surface area contributed by atoms with Crippen molar-refractivity contribution in [1.82, 2.24) is 25.1 Å². The number of likely N-dealkylation sites (tertiary alicyclic amines) is 1. The van der Waals surface area contributed by atoms with E-state index < -0.39 is 17.5 Å². The van der Waals surface area contributed by atoms with Crippen LogP contribution in [0.5, 0.6) is 0 Å². The minimum Gasteiger partial charge on any atom is -0.480 e. The van der Waals surface area contributed by atoms with Crippen LogP contribution >= 0.6 is 0 Å². The lowest BCUT2D eigenvalue weighted by Gasteiger charge is -2.30. The minimum atomic E-state index is -1.17. The molecular weight excluding hydrogens is 240 g/mol. The summed E-state index contributed by atoms with van der Waals surface area (Å²) in [6.45, 7) is 1.93. The third kappa shape index (κ3) is 1.98. The molecule has 2 rings (SSSR count). The Morgan fingerprint density at radius 2 is 2.22 bits per heavy atom. The molecule has 2 N–H and O–H groups in total. The summed E-state index contributed by atoms with van der Waals surface area (Å²) in [6, 6.07) is -0.523. The van der Waals surface area contributed by atoms with Crippen LogP contribution in [0.3, 0.4) is 0 Å². The molecule has 0 spiro atoms. The number of tetrazole rings is 1. The first kappa shape index (κ1) is 12.3. The van der Waals surface area contributed by atoms with Crippen LogP contribution in [0.1, 0.15) is 19.8 Å². The Kier molecular flexibility index (Phi) is 2.89. The lowest BCUT2D eigenvalue weighted by Crippen LogP contribution is -2.52. The maximum Gasteiger partial charge on any atom is 0.329 e. The van der Waals surface area contributed by atoms with Crippen molar-refractivity contribution >= 4 is 17.9 Å². The van der Waals surface area contributed by atoms with Crippen molar-refractivity contribution in [3.8, 4) is 0 Å². The zero-order chi connectivity index (χ0) is 13.3. The van der Waals surface area contributed by atoms with Crippen LogP contribution in [0.25, 0.3) is 0 Å². The second kappa shape index (κ2) is 4.24. The fourth-order valence-electron chi connectivity index (χ4n) is 2.01. The SMILES string of the molecule is Cn1nnc(NC(=O)N2CCCC2(C)C(=O)O)n1. The molecule has 0 aromatic carbocycles. The number of aryl methyl sites for hydroxylation is 1. The number of nitrogens with one attached hydrogen (secondary N) is 1. The molecule has 0 aliphatic carbocycles. The molecule has 9 heteroatoms. The summed E-state index contributed by atoms with van der Waals surface area (Å²) in [5, 5.41) is 22.6. The number of nitrogens with zero attached hydrogens (tertiary/aromatic N) is 5. The Labute approximate surface area is 103 Å². The molecule has 1 aliphatic rings. The van der Waals surface area contributed by atoms with Crippen molar-refractivity contribution in [1.29, 1.82) is 0 Å². The standard InChI is InChI=1S/C9H14N6O3/c1-9(6(16)17)4-3-5-15(9)8(18)10-7-11-13-14(2)12-7/h3-5H2,1-2H3,(H,16,17)(H,10,12,18). The van der Waals surface area contributed by atoms with Gasteiger partial charge in [-0.3, -0.25) is 5.32 Å². The Bertz CT molecular complexity index is 486. The van der Waals surface area contributed by atoms with Gasteiger partial charge in [0.15, 0.2) is 0 Å². The van der Waals surface area contributed by atoms with E-state index in [1.54, 1.807) is 7.05 Å². The number of hydrogen-bond donors (Lipinski definition) is 2. The molecule has 2 heterocycles. The van der Waals surface area contributed by atoms with E-state index in [0.29, 0.717) is 19.4 Å². The quantitative estimate of drug-likeness (QED) is 0.747. The number of rotatable bonds is 2. The van der Waals surface area contributed by atoms with Gasteiger partial charge in [-0.25, -0.2) is 9.59 Å². The summed E-state index contributed by atoms with van der Waals surface area (Å²) < 4.78 is 0. The second-order valence-corrected chi connectivity index (χ2v) is 4.37. The Hall–Kier alpha value is -2.19. The molecule has 98 valence electrons. The summed E-state index contributed by atoms with van der Waals surface area (Å²) in [7, 11) is 1.57. The molecule has 0 bridgehead atoms. The molecule has 2 amide bonds. The molecule has 0 saturated carbocycles. The van der Waals surface area contributed by atoms with Gasteiger partial charge in [-0.05, 0) is 25.0 Å². The van der Waals surface area contributed by atoms with Crippen LogP contribution in [-0.4, -0.2) is 54.3 Å². The normalized spacial score (nSPS) is 23.1. The van der Waals surface area contributed by atoms with Gasteiger partial charge < -0.3 is 10.0 Å². The second-order valence-electron chi connectivity index (χ2n) is 4.37. The average molecular weight is 254 g/mol. The van der Waals surface area contributed by atoms with Crippen molar-refractivity contribution in [3.05, 3.63) is 0 Å². The molecule has 1 atom stereocenters. The van der Waals surface area contributed by atoms with Gasteiger partial charge in [0.1, 0.15) is 5.54 Å². The van der Waals surface area contributed by atoms with E-state index in [-0.39, 0.29) is 5.95 Å². The van der Waals surface area contributed by atoms with Crippen LogP contribution < -0.4 is 5.32 Å². The van der Waals surface area contributed by atoms with Gasteiger partial charge in [-0.1, -0.05) is 5.10 Å². The van der Waals surface area contributed by atoms with Gasteiger partial charge in [-0.15, -0.1) is 5.10 Å². The number of hydrogen-bond acceptors (Lipinski definition) is 5.